The molecule has 0 aromatic heterocycles. The van der Waals surface area contributed by atoms with Crippen molar-refractivity contribution in [2.24, 2.45) is 5.84 Å². The molecule has 0 radical (unpaired) electrons. The molecule has 0 aliphatic carbocycles. The minimum Gasteiger partial charge on any atom is -0.278 e. The smallest absolute Gasteiger partial charge is 0.0658 e. The average molecular weight is 290 g/mol. The highest BCUT2D eigenvalue weighted by Crippen LogP contribution is 2.43. The van der Waals surface area contributed by atoms with Crippen LogP contribution in [0.2, 0.25) is 0 Å². The number of nitrogens with two attached hydrogens (primary N) is 1. The van der Waals surface area contributed by atoms with Gasteiger partial charge in [-0.15, -0.1) is 0 Å². The van der Waals surface area contributed by atoms with Gasteiger partial charge in [-0.3, -0.25) is 5.01 Å². The van der Waals surface area contributed by atoms with E-state index >= 15 is 0 Å². The molecule has 0 fully saturated rings. The third kappa shape index (κ3) is 1.96. The van der Waals surface area contributed by atoms with Crippen LogP contribution >= 0.6 is 7.92 Å². The summed E-state index contributed by atoms with van der Waals surface area (Å²) in [5.41, 5.74) is 2.21. The van der Waals surface area contributed by atoms with Crippen molar-refractivity contribution in [3.8, 4) is 0 Å². The first-order chi connectivity index (χ1) is 10.4. The van der Waals surface area contributed by atoms with Crippen LogP contribution < -0.4 is 26.8 Å². The van der Waals surface area contributed by atoms with E-state index in [1.54, 1.807) is 0 Å². The Bertz CT molecular complexity index is 738. The number of hydrazine groups is 1. The van der Waals surface area contributed by atoms with Crippen LogP contribution in [0.15, 0.2) is 78.9 Å². The van der Waals surface area contributed by atoms with Crippen LogP contribution in [-0.2, 0) is 0 Å². The molecule has 3 heteroatoms. The predicted molar refractivity (Wildman–Crippen MR) is 91.5 cm³/mol. The van der Waals surface area contributed by atoms with Gasteiger partial charge in [0.05, 0.1) is 11.4 Å². The van der Waals surface area contributed by atoms with E-state index in [2.05, 4.69) is 66.7 Å². The second-order valence-electron chi connectivity index (χ2n) is 5.02. The summed E-state index contributed by atoms with van der Waals surface area (Å²) in [4.78, 5) is 0. The van der Waals surface area contributed by atoms with E-state index < -0.39 is 7.92 Å². The molecule has 1 heterocycles. The first-order valence-electron chi connectivity index (χ1n) is 6.94. The maximum Gasteiger partial charge on any atom is 0.0658 e. The first-order valence-corrected chi connectivity index (χ1v) is 8.28. The lowest BCUT2D eigenvalue weighted by atomic mass is 10.2. The number of para-hydroxylation sites is 2. The van der Waals surface area contributed by atoms with Crippen LogP contribution in [-0.4, -0.2) is 0 Å². The van der Waals surface area contributed by atoms with Crippen molar-refractivity contribution in [2.75, 3.05) is 5.01 Å². The number of nitrogens with zero attached hydrogens (tertiary/aromatic N) is 1. The molecule has 0 atom stereocenters. The molecule has 0 saturated heterocycles. The van der Waals surface area contributed by atoms with Crippen molar-refractivity contribution in [3.05, 3.63) is 78.9 Å². The summed E-state index contributed by atoms with van der Waals surface area (Å²) in [6.07, 6.45) is 0. The molecule has 1 aliphatic rings. The van der Waals surface area contributed by atoms with Gasteiger partial charge in [0, 0.05) is 10.6 Å². The summed E-state index contributed by atoms with van der Waals surface area (Å²) in [6, 6.07) is 27.6. The zero-order chi connectivity index (χ0) is 14.2. The summed E-state index contributed by atoms with van der Waals surface area (Å²) in [7, 11) is -0.547. The van der Waals surface area contributed by atoms with Crippen molar-refractivity contribution < 1.29 is 0 Å². The largest absolute Gasteiger partial charge is 0.278 e. The maximum atomic E-state index is 6.34. The number of hydrogen-bond donors (Lipinski definition) is 1. The van der Waals surface area contributed by atoms with Crippen molar-refractivity contribution in [2.45, 2.75) is 0 Å². The van der Waals surface area contributed by atoms with Gasteiger partial charge >= 0.3 is 0 Å². The van der Waals surface area contributed by atoms with Crippen LogP contribution in [0.25, 0.3) is 0 Å². The molecular weight excluding hydrogens is 275 g/mol. The van der Waals surface area contributed by atoms with Crippen LogP contribution in [0.5, 0.6) is 0 Å². The van der Waals surface area contributed by atoms with E-state index in [-0.39, 0.29) is 0 Å². The van der Waals surface area contributed by atoms with Gasteiger partial charge in [0.25, 0.3) is 0 Å². The lowest BCUT2D eigenvalue weighted by molar-refractivity contribution is 1.10. The molecule has 0 amide bonds. The van der Waals surface area contributed by atoms with E-state index in [4.69, 9.17) is 5.84 Å². The highest BCUT2D eigenvalue weighted by molar-refractivity contribution is 7.80. The number of hydrogen-bond acceptors (Lipinski definition) is 2. The fourth-order valence-corrected chi connectivity index (χ4v) is 5.41. The minimum absolute atomic E-state index is 0.547. The molecule has 0 spiro atoms. The van der Waals surface area contributed by atoms with E-state index in [1.165, 1.54) is 15.9 Å². The molecule has 3 aromatic carbocycles. The van der Waals surface area contributed by atoms with Gasteiger partial charge in [0.1, 0.15) is 0 Å². The fourth-order valence-electron chi connectivity index (χ4n) is 2.83. The van der Waals surface area contributed by atoms with E-state index in [1.807, 2.05) is 17.1 Å². The summed E-state index contributed by atoms with van der Waals surface area (Å²) in [5, 5.41) is 5.81. The number of anilines is 2. The lowest BCUT2D eigenvalue weighted by Crippen LogP contribution is -2.39. The Morgan fingerprint density at radius 3 is 1.67 bits per heavy atom. The molecule has 4 rings (SSSR count). The summed E-state index contributed by atoms with van der Waals surface area (Å²) >= 11 is 0. The summed E-state index contributed by atoms with van der Waals surface area (Å²) < 4.78 is 0. The SMILES string of the molecule is NN1c2ccccc2P(c2ccccc2)c2ccccc21. The lowest BCUT2D eigenvalue weighted by Gasteiger charge is -2.35. The molecule has 2 nitrogen and oxygen atoms in total. The molecule has 3 aromatic rings. The standard InChI is InChI=1S/C18H15N2P/c19-20-15-10-4-6-12-17(15)21(14-8-2-1-3-9-14)18-13-7-5-11-16(18)20/h1-13H,19H2. The first kappa shape index (κ1) is 12.6. The van der Waals surface area contributed by atoms with Crippen LogP contribution in [0, 0.1) is 0 Å². The highest BCUT2D eigenvalue weighted by Gasteiger charge is 2.29. The van der Waals surface area contributed by atoms with Gasteiger partial charge in [0.15, 0.2) is 0 Å². The van der Waals surface area contributed by atoms with Gasteiger partial charge in [-0.05, 0) is 25.4 Å². The molecule has 0 saturated carbocycles. The molecular formula is C18H15N2P. The Kier molecular flexibility index (Phi) is 2.99. The summed E-state index contributed by atoms with van der Waals surface area (Å²) in [6.45, 7) is 0. The zero-order valence-electron chi connectivity index (χ0n) is 11.5. The average Bonchev–Trinajstić information content (AvgIpc) is 2.56. The minimum atomic E-state index is -0.547. The molecule has 21 heavy (non-hydrogen) atoms. The topological polar surface area (TPSA) is 29.3 Å². The molecule has 102 valence electrons. The van der Waals surface area contributed by atoms with Crippen molar-refractivity contribution in [1.29, 1.82) is 0 Å². The molecule has 2 N–H and O–H groups in total. The number of benzene rings is 3. The quantitative estimate of drug-likeness (QED) is 0.551. The van der Waals surface area contributed by atoms with Gasteiger partial charge in [-0.1, -0.05) is 66.7 Å². The monoisotopic (exact) mass is 290 g/mol. The van der Waals surface area contributed by atoms with Crippen molar-refractivity contribution >= 4 is 35.2 Å². The Balaban J connectivity index is 2.01. The molecule has 0 unspecified atom stereocenters. The highest BCUT2D eigenvalue weighted by atomic mass is 31.1. The molecule has 1 aliphatic heterocycles. The normalized spacial score (nSPS) is 13.7. The van der Waals surface area contributed by atoms with E-state index in [9.17, 15) is 0 Å². The van der Waals surface area contributed by atoms with E-state index in [0.717, 1.165) is 11.4 Å². The number of rotatable bonds is 1. The Morgan fingerprint density at radius 2 is 1.10 bits per heavy atom. The third-order valence-corrected chi connectivity index (χ3v) is 6.31. The Hall–Kier alpha value is -2.15. The van der Waals surface area contributed by atoms with Gasteiger partial charge in [-0.2, -0.15) is 0 Å². The summed E-state index contributed by atoms with van der Waals surface area (Å²) in [5.74, 6) is 6.34. The van der Waals surface area contributed by atoms with E-state index in [0.29, 0.717) is 0 Å². The van der Waals surface area contributed by atoms with Crippen molar-refractivity contribution in [3.63, 3.8) is 0 Å². The maximum absolute atomic E-state index is 6.34. The third-order valence-electron chi connectivity index (χ3n) is 3.78. The van der Waals surface area contributed by atoms with Crippen LogP contribution in [0.1, 0.15) is 0 Å². The molecule has 0 bridgehead atoms. The Labute approximate surface area is 125 Å². The van der Waals surface area contributed by atoms with Crippen molar-refractivity contribution in [1.82, 2.24) is 0 Å². The number of fused-ring (bicyclic) bond motifs is 2. The van der Waals surface area contributed by atoms with Crippen LogP contribution in [0.4, 0.5) is 11.4 Å². The second kappa shape index (κ2) is 5.00. The zero-order valence-corrected chi connectivity index (χ0v) is 12.4. The van der Waals surface area contributed by atoms with Gasteiger partial charge in [0.2, 0.25) is 0 Å². The van der Waals surface area contributed by atoms with Gasteiger partial charge < -0.3 is 0 Å². The van der Waals surface area contributed by atoms with Crippen LogP contribution in [0.3, 0.4) is 0 Å². The van der Waals surface area contributed by atoms with Gasteiger partial charge in [-0.25, -0.2) is 5.84 Å². The fraction of sp³-hybridized carbons (Fsp3) is 0. The predicted octanol–water partition coefficient (Wildman–Crippen LogP) is 2.77. The Morgan fingerprint density at radius 1 is 0.619 bits per heavy atom. The second-order valence-corrected chi connectivity index (χ2v) is 7.17.